The minimum Gasteiger partial charge on any atom is -0.480 e. The third kappa shape index (κ3) is 6.89. The summed E-state index contributed by atoms with van der Waals surface area (Å²) in [7, 11) is 0. The van der Waals surface area contributed by atoms with Crippen LogP contribution in [-0.2, 0) is 37.1 Å². The summed E-state index contributed by atoms with van der Waals surface area (Å²) in [4.78, 5) is 49.5. The Kier molecular flexibility index (Phi) is 8.94. The number of hydrogen-bond donors (Lipinski definition) is 3. The molecule has 4 aromatic carbocycles. The summed E-state index contributed by atoms with van der Waals surface area (Å²) in [5.41, 5.74) is -1.95. The van der Waals surface area contributed by atoms with Gasteiger partial charge in [-0.05, 0) is 52.6 Å². The van der Waals surface area contributed by atoms with Gasteiger partial charge in [-0.25, -0.2) is 0 Å². The fourth-order valence-electron chi connectivity index (χ4n) is 4.37. The zero-order chi connectivity index (χ0) is 31.2. The predicted molar refractivity (Wildman–Crippen MR) is 149 cm³/mol. The molecular formula is C32H24F3NO7. The van der Waals surface area contributed by atoms with E-state index in [4.69, 9.17) is 4.74 Å². The molecule has 0 aliphatic carbocycles. The molecule has 0 heterocycles. The number of esters is 1. The van der Waals surface area contributed by atoms with E-state index < -0.39 is 47.6 Å². The number of benzene rings is 4. The highest BCUT2D eigenvalue weighted by Crippen LogP contribution is 2.33. The smallest absolute Gasteiger partial charge is 0.416 e. The molecule has 0 unspecified atom stereocenters. The minimum absolute atomic E-state index is 0.0578. The van der Waals surface area contributed by atoms with Gasteiger partial charge in [-0.3, -0.25) is 19.2 Å². The average Bonchev–Trinajstić information content (AvgIpc) is 2.98. The van der Waals surface area contributed by atoms with Gasteiger partial charge < -0.3 is 20.3 Å². The quantitative estimate of drug-likeness (QED) is 0.157. The van der Waals surface area contributed by atoms with Crippen LogP contribution in [0.4, 0.5) is 18.9 Å². The van der Waals surface area contributed by atoms with Gasteiger partial charge in [0.1, 0.15) is 6.61 Å². The van der Waals surface area contributed by atoms with Crippen LogP contribution in [0.15, 0.2) is 103 Å². The summed E-state index contributed by atoms with van der Waals surface area (Å²) in [6, 6.07) is 24.1. The molecule has 220 valence electrons. The lowest BCUT2D eigenvalue weighted by atomic mass is 9.81. The van der Waals surface area contributed by atoms with E-state index in [9.17, 15) is 42.6 Å². The molecule has 43 heavy (non-hydrogen) atoms. The molecule has 4 rings (SSSR count). The zero-order valence-corrected chi connectivity index (χ0v) is 22.3. The van der Waals surface area contributed by atoms with Crippen LogP contribution in [0, 0.1) is 0 Å². The van der Waals surface area contributed by atoms with E-state index >= 15 is 0 Å². The Labute approximate surface area is 243 Å². The second-order valence-electron chi connectivity index (χ2n) is 9.49. The number of carbonyl (C=O) groups excluding carboxylic acids is 2. The number of alkyl halides is 3. The summed E-state index contributed by atoms with van der Waals surface area (Å²) >= 11 is 0. The zero-order valence-electron chi connectivity index (χ0n) is 22.3. The predicted octanol–water partition coefficient (Wildman–Crippen LogP) is 5.82. The van der Waals surface area contributed by atoms with E-state index in [0.29, 0.717) is 16.8 Å². The number of carboxylic acids is 2. The summed E-state index contributed by atoms with van der Waals surface area (Å²) in [6.07, 6.45) is -4.85. The number of rotatable bonds is 10. The molecule has 0 aliphatic rings. The highest BCUT2D eigenvalue weighted by atomic mass is 19.4. The van der Waals surface area contributed by atoms with Crippen LogP contribution in [0.1, 0.15) is 27.0 Å². The summed E-state index contributed by atoms with van der Waals surface area (Å²) in [6.45, 7) is -0.931. The molecule has 0 aliphatic heterocycles. The Hall–Kier alpha value is -5.45. The number of hydrogen-bond acceptors (Lipinski definition) is 5. The molecule has 0 saturated heterocycles. The lowest BCUT2D eigenvalue weighted by Crippen LogP contribution is -2.48. The van der Waals surface area contributed by atoms with E-state index in [1.807, 2.05) is 0 Å². The van der Waals surface area contributed by atoms with E-state index in [1.54, 1.807) is 24.3 Å². The maximum absolute atomic E-state index is 13.2. The standard InChI is InChI=1S/C32H24F3NO7/c33-32(34,35)23-10-6-7-21(18-23)25-11-4-5-12-26(25)28(38)36-24-15-13-20(14-16-24)17-27(37)43-19-31(29(39)40,30(41)42)22-8-2-1-3-9-22/h1-16,18H,17,19H2,(H,36,38)(H,39,40)(H,41,42). The van der Waals surface area contributed by atoms with Crippen LogP contribution in [0.5, 0.6) is 0 Å². The molecule has 0 atom stereocenters. The van der Waals surface area contributed by atoms with Gasteiger partial charge in [0.05, 0.1) is 12.0 Å². The van der Waals surface area contributed by atoms with Crippen LogP contribution in [0.2, 0.25) is 0 Å². The molecule has 0 spiro atoms. The fourth-order valence-corrected chi connectivity index (χ4v) is 4.37. The average molecular weight is 592 g/mol. The van der Waals surface area contributed by atoms with Gasteiger partial charge in [0.2, 0.25) is 5.41 Å². The van der Waals surface area contributed by atoms with Crippen molar-refractivity contribution in [2.45, 2.75) is 18.0 Å². The van der Waals surface area contributed by atoms with Gasteiger partial charge in [0, 0.05) is 11.3 Å². The van der Waals surface area contributed by atoms with Crippen LogP contribution in [-0.4, -0.2) is 40.6 Å². The summed E-state index contributed by atoms with van der Waals surface area (Å²) in [5.74, 6) is -4.81. The van der Waals surface area contributed by atoms with Crippen LogP contribution in [0.25, 0.3) is 11.1 Å². The van der Waals surface area contributed by atoms with Gasteiger partial charge >= 0.3 is 24.1 Å². The van der Waals surface area contributed by atoms with E-state index in [-0.39, 0.29) is 23.1 Å². The highest BCUT2D eigenvalue weighted by Gasteiger charge is 2.50. The maximum atomic E-state index is 13.2. The molecule has 8 nitrogen and oxygen atoms in total. The minimum atomic E-state index is -4.54. The second-order valence-corrected chi connectivity index (χ2v) is 9.49. The Morgan fingerprint density at radius 2 is 1.33 bits per heavy atom. The third-order valence-electron chi connectivity index (χ3n) is 6.68. The second kappa shape index (κ2) is 12.6. The molecule has 1 amide bonds. The van der Waals surface area contributed by atoms with Gasteiger partial charge in [-0.15, -0.1) is 0 Å². The van der Waals surface area contributed by atoms with Crippen molar-refractivity contribution in [3.63, 3.8) is 0 Å². The first-order valence-electron chi connectivity index (χ1n) is 12.8. The van der Waals surface area contributed by atoms with Crippen molar-refractivity contribution in [1.29, 1.82) is 0 Å². The highest BCUT2D eigenvalue weighted by molar-refractivity contribution is 6.09. The van der Waals surface area contributed by atoms with E-state index in [2.05, 4.69) is 5.32 Å². The molecule has 11 heteroatoms. The molecule has 3 N–H and O–H groups in total. The number of ether oxygens (including phenoxy) is 1. The number of carboxylic acid groups (broad SMARTS) is 2. The molecule has 0 fully saturated rings. The van der Waals surface area contributed by atoms with Crippen LogP contribution < -0.4 is 5.32 Å². The van der Waals surface area contributed by atoms with Crippen molar-refractivity contribution >= 4 is 29.5 Å². The van der Waals surface area contributed by atoms with Crippen molar-refractivity contribution in [2.24, 2.45) is 0 Å². The van der Waals surface area contributed by atoms with Gasteiger partial charge in [0.15, 0.2) is 0 Å². The Morgan fingerprint density at radius 1 is 0.721 bits per heavy atom. The lowest BCUT2D eigenvalue weighted by Gasteiger charge is -2.25. The topological polar surface area (TPSA) is 130 Å². The van der Waals surface area contributed by atoms with E-state index in [0.717, 1.165) is 12.1 Å². The van der Waals surface area contributed by atoms with Crippen molar-refractivity contribution in [2.75, 3.05) is 11.9 Å². The first-order valence-corrected chi connectivity index (χ1v) is 12.8. The number of amides is 1. The number of aliphatic carboxylic acids is 2. The number of anilines is 1. The van der Waals surface area contributed by atoms with Crippen LogP contribution >= 0.6 is 0 Å². The van der Waals surface area contributed by atoms with Gasteiger partial charge in [-0.1, -0.05) is 72.8 Å². The maximum Gasteiger partial charge on any atom is 0.416 e. The van der Waals surface area contributed by atoms with Crippen LogP contribution in [0.3, 0.4) is 0 Å². The molecule has 0 radical (unpaired) electrons. The van der Waals surface area contributed by atoms with Crippen molar-refractivity contribution in [3.8, 4) is 11.1 Å². The first kappa shape index (κ1) is 30.5. The number of nitrogens with one attached hydrogen (secondary N) is 1. The lowest BCUT2D eigenvalue weighted by molar-refractivity contribution is -0.164. The monoisotopic (exact) mass is 591 g/mol. The third-order valence-corrected chi connectivity index (χ3v) is 6.68. The summed E-state index contributed by atoms with van der Waals surface area (Å²) < 4.78 is 44.7. The van der Waals surface area contributed by atoms with Crippen molar-refractivity contribution < 1.29 is 47.3 Å². The Bertz CT molecular complexity index is 1640. The first-order chi connectivity index (χ1) is 20.4. The van der Waals surface area contributed by atoms with Gasteiger partial charge in [-0.2, -0.15) is 13.2 Å². The molecule has 4 aromatic rings. The normalized spacial score (nSPS) is 11.4. The Balaban J connectivity index is 1.43. The SMILES string of the molecule is O=C(Cc1ccc(NC(=O)c2ccccc2-c2cccc(C(F)(F)F)c2)cc1)OCC(C(=O)O)(C(=O)O)c1ccccc1. The number of carbonyl (C=O) groups is 4. The molecule has 0 aromatic heterocycles. The fraction of sp³-hybridized carbons (Fsp3) is 0.125. The summed E-state index contributed by atoms with van der Waals surface area (Å²) in [5, 5.41) is 22.1. The van der Waals surface area contributed by atoms with Gasteiger partial charge in [0.25, 0.3) is 5.91 Å². The largest absolute Gasteiger partial charge is 0.480 e. The molecule has 0 bridgehead atoms. The number of halogens is 3. The molecular weight excluding hydrogens is 567 g/mol. The Morgan fingerprint density at radius 3 is 1.95 bits per heavy atom. The van der Waals surface area contributed by atoms with Crippen molar-refractivity contribution in [1.82, 2.24) is 0 Å². The molecule has 0 saturated carbocycles. The van der Waals surface area contributed by atoms with Crippen molar-refractivity contribution in [3.05, 3.63) is 125 Å². The van der Waals surface area contributed by atoms with E-state index in [1.165, 1.54) is 66.7 Å².